The largest absolute Gasteiger partial charge is 0.493 e. The van der Waals surface area contributed by atoms with E-state index < -0.39 is 0 Å². The van der Waals surface area contributed by atoms with Crippen LogP contribution in [0.4, 0.5) is 4.39 Å². The molecule has 0 aliphatic carbocycles. The molecule has 0 unspecified atom stereocenters. The second kappa shape index (κ2) is 7.68. The zero-order valence-corrected chi connectivity index (χ0v) is 14.1. The van der Waals surface area contributed by atoms with Crippen LogP contribution in [0.1, 0.15) is 15.9 Å². The topological polar surface area (TPSA) is 48.0 Å². The Bertz CT molecular complexity index is 708. The molecule has 0 saturated carbocycles. The lowest BCUT2D eigenvalue weighted by molar-refractivity contribution is 0.0784. The van der Waals surface area contributed by atoms with Gasteiger partial charge in [-0.15, -0.1) is 0 Å². The van der Waals surface area contributed by atoms with Crippen molar-refractivity contribution in [2.75, 3.05) is 28.4 Å². The minimum absolute atomic E-state index is 0.237. The van der Waals surface area contributed by atoms with E-state index in [-0.39, 0.29) is 18.3 Å². The molecule has 0 N–H and O–H groups in total. The SMILES string of the molecule is COc1cc(C(=O)N(C)Cc2cccc(F)c2)cc(OC)c1OC. The summed E-state index contributed by atoms with van der Waals surface area (Å²) in [6, 6.07) is 9.32. The number of methoxy groups -OCH3 is 3. The summed E-state index contributed by atoms with van der Waals surface area (Å²) < 4.78 is 29.0. The van der Waals surface area contributed by atoms with Crippen molar-refractivity contribution in [3.63, 3.8) is 0 Å². The van der Waals surface area contributed by atoms with Crippen molar-refractivity contribution in [1.82, 2.24) is 4.90 Å². The first-order valence-corrected chi connectivity index (χ1v) is 7.30. The first kappa shape index (κ1) is 17.6. The number of halogens is 1. The molecule has 6 heteroatoms. The van der Waals surface area contributed by atoms with Crippen LogP contribution < -0.4 is 14.2 Å². The number of ether oxygens (including phenoxy) is 3. The third-order valence-electron chi connectivity index (χ3n) is 3.57. The maximum atomic E-state index is 13.3. The van der Waals surface area contributed by atoms with Crippen LogP contribution in [0.2, 0.25) is 0 Å². The molecular weight excluding hydrogens is 313 g/mol. The Labute approximate surface area is 140 Å². The smallest absolute Gasteiger partial charge is 0.254 e. The van der Waals surface area contributed by atoms with Crippen molar-refractivity contribution in [2.24, 2.45) is 0 Å². The first-order valence-electron chi connectivity index (χ1n) is 7.30. The average molecular weight is 333 g/mol. The van der Waals surface area contributed by atoms with Crippen molar-refractivity contribution in [3.05, 3.63) is 53.3 Å². The Morgan fingerprint density at radius 2 is 1.67 bits per heavy atom. The maximum Gasteiger partial charge on any atom is 0.254 e. The van der Waals surface area contributed by atoms with Crippen LogP contribution in [0, 0.1) is 5.82 Å². The van der Waals surface area contributed by atoms with E-state index >= 15 is 0 Å². The van der Waals surface area contributed by atoms with Gasteiger partial charge < -0.3 is 19.1 Å². The number of nitrogens with zero attached hydrogens (tertiary/aromatic N) is 1. The number of rotatable bonds is 6. The standard InChI is InChI=1S/C18H20FNO4/c1-20(11-12-6-5-7-14(19)8-12)18(21)13-9-15(22-2)17(24-4)16(10-13)23-3/h5-10H,11H2,1-4H3. The second-order valence-corrected chi connectivity index (χ2v) is 5.21. The number of benzene rings is 2. The molecule has 0 heterocycles. The van der Waals surface area contributed by atoms with Gasteiger partial charge in [0.15, 0.2) is 11.5 Å². The van der Waals surface area contributed by atoms with Gasteiger partial charge in [0.2, 0.25) is 5.75 Å². The molecule has 0 bridgehead atoms. The van der Waals surface area contributed by atoms with Crippen LogP contribution in [0.25, 0.3) is 0 Å². The first-order chi connectivity index (χ1) is 11.5. The fraction of sp³-hybridized carbons (Fsp3) is 0.278. The minimum Gasteiger partial charge on any atom is -0.493 e. The Morgan fingerprint density at radius 1 is 1.04 bits per heavy atom. The van der Waals surface area contributed by atoms with Crippen LogP contribution in [0.5, 0.6) is 17.2 Å². The van der Waals surface area contributed by atoms with Gasteiger partial charge in [-0.05, 0) is 29.8 Å². The van der Waals surface area contributed by atoms with E-state index in [9.17, 15) is 9.18 Å². The Balaban J connectivity index is 2.28. The lowest BCUT2D eigenvalue weighted by Crippen LogP contribution is -2.26. The average Bonchev–Trinajstić information content (AvgIpc) is 2.59. The van der Waals surface area contributed by atoms with Gasteiger partial charge >= 0.3 is 0 Å². The van der Waals surface area contributed by atoms with E-state index in [1.54, 1.807) is 31.3 Å². The molecule has 2 aromatic rings. The molecular formula is C18H20FNO4. The summed E-state index contributed by atoms with van der Waals surface area (Å²) in [7, 11) is 6.12. The van der Waals surface area contributed by atoms with Gasteiger partial charge in [0, 0.05) is 19.2 Å². The molecule has 0 aliphatic rings. The van der Waals surface area contributed by atoms with Crippen molar-refractivity contribution in [1.29, 1.82) is 0 Å². The van der Waals surface area contributed by atoms with Gasteiger partial charge in [0.1, 0.15) is 5.82 Å². The van der Waals surface area contributed by atoms with Crippen LogP contribution >= 0.6 is 0 Å². The maximum absolute atomic E-state index is 13.3. The molecule has 1 amide bonds. The molecule has 128 valence electrons. The van der Waals surface area contributed by atoms with Crippen LogP contribution in [0.15, 0.2) is 36.4 Å². The number of carbonyl (C=O) groups is 1. The van der Waals surface area contributed by atoms with Crippen molar-refractivity contribution in [2.45, 2.75) is 6.54 Å². The van der Waals surface area contributed by atoms with E-state index in [2.05, 4.69) is 0 Å². The summed E-state index contributed by atoms with van der Waals surface area (Å²) >= 11 is 0. The predicted molar refractivity (Wildman–Crippen MR) is 88.3 cm³/mol. The van der Waals surface area contributed by atoms with Crippen molar-refractivity contribution in [3.8, 4) is 17.2 Å². The lowest BCUT2D eigenvalue weighted by atomic mass is 10.1. The quantitative estimate of drug-likeness (QED) is 0.815. The summed E-state index contributed by atoms with van der Waals surface area (Å²) in [5.41, 5.74) is 1.10. The zero-order chi connectivity index (χ0) is 17.7. The normalized spacial score (nSPS) is 10.2. The summed E-state index contributed by atoms with van der Waals surface area (Å²) in [5.74, 6) is 0.655. The Kier molecular flexibility index (Phi) is 5.63. The molecule has 0 spiro atoms. The van der Waals surface area contributed by atoms with Crippen molar-refractivity contribution < 1.29 is 23.4 Å². The van der Waals surface area contributed by atoms with Crippen LogP contribution in [0.3, 0.4) is 0 Å². The Morgan fingerprint density at radius 3 is 2.17 bits per heavy atom. The van der Waals surface area contributed by atoms with E-state index in [0.717, 1.165) is 0 Å². The molecule has 0 aliphatic heterocycles. The predicted octanol–water partition coefficient (Wildman–Crippen LogP) is 3.12. The molecule has 5 nitrogen and oxygen atoms in total. The zero-order valence-electron chi connectivity index (χ0n) is 14.1. The minimum atomic E-state index is -0.332. The van der Waals surface area contributed by atoms with Gasteiger partial charge in [0.05, 0.1) is 21.3 Å². The fourth-order valence-corrected chi connectivity index (χ4v) is 2.41. The van der Waals surface area contributed by atoms with Gasteiger partial charge in [-0.25, -0.2) is 4.39 Å². The van der Waals surface area contributed by atoms with Gasteiger partial charge in [-0.3, -0.25) is 4.79 Å². The van der Waals surface area contributed by atoms with E-state index in [1.807, 2.05) is 0 Å². The van der Waals surface area contributed by atoms with Crippen LogP contribution in [-0.4, -0.2) is 39.2 Å². The molecule has 0 fully saturated rings. The lowest BCUT2D eigenvalue weighted by Gasteiger charge is -2.19. The fourth-order valence-electron chi connectivity index (χ4n) is 2.41. The van der Waals surface area contributed by atoms with E-state index in [1.165, 1.54) is 38.4 Å². The summed E-state index contributed by atoms with van der Waals surface area (Å²) in [4.78, 5) is 14.1. The van der Waals surface area contributed by atoms with Gasteiger partial charge in [0.25, 0.3) is 5.91 Å². The number of carbonyl (C=O) groups excluding carboxylic acids is 1. The number of amides is 1. The van der Waals surface area contributed by atoms with Gasteiger partial charge in [-0.2, -0.15) is 0 Å². The molecule has 0 saturated heterocycles. The highest BCUT2D eigenvalue weighted by Crippen LogP contribution is 2.38. The van der Waals surface area contributed by atoms with Crippen molar-refractivity contribution >= 4 is 5.91 Å². The van der Waals surface area contributed by atoms with Gasteiger partial charge in [-0.1, -0.05) is 12.1 Å². The monoisotopic (exact) mass is 333 g/mol. The summed E-state index contributed by atoms with van der Waals surface area (Å²) in [5, 5.41) is 0. The molecule has 0 aromatic heterocycles. The summed E-state index contributed by atoms with van der Waals surface area (Å²) in [6.07, 6.45) is 0. The molecule has 0 radical (unpaired) electrons. The number of hydrogen-bond donors (Lipinski definition) is 0. The third-order valence-corrected chi connectivity index (χ3v) is 3.57. The highest BCUT2D eigenvalue weighted by atomic mass is 19.1. The van der Waals surface area contributed by atoms with E-state index in [0.29, 0.717) is 28.4 Å². The summed E-state index contributed by atoms with van der Waals surface area (Å²) in [6.45, 7) is 0.285. The highest BCUT2D eigenvalue weighted by Gasteiger charge is 2.19. The number of hydrogen-bond acceptors (Lipinski definition) is 4. The molecule has 2 rings (SSSR count). The molecule has 24 heavy (non-hydrogen) atoms. The van der Waals surface area contributed by atoms with Crippen LogP contribution in [-0.2, 0) is 6.54 Å². The Hall–Kier alpha value is -2.76. The second-order valence-electron chi connectivity index (χ2n) is 5.21. The van der Waals surface area contributed by atoms with E-state index in [4.69, 9.17) is 14.2 Å². The molecule has 0 atom stereocenters. The molecule has 2 aromatic carbocycles. The third kappa shape index (κ3) is 3.76. The highest BCUT2D eigenvalue weighted by molar-refractivity contribution is 5.95.